The van der Waals surface area contributed by atoms with E-state index in [1.807, 2.05) is 0 Å². The maximum Gasteiger partial charge on any atom is 0.394 e. The number of hydrogen-bond acceptors (Lipinski definition) is 4. The second-order valence-corrected chi connectivity index (χ2v) is 6.83. The Morgan fingerprint density at radius 2 is 1.72 bits per heavy atom. The summed E-state index contributed by atoms with van der Waals surface area (Å²) in [6.45, 7) is 0.0177. The summed E-state index contributed by atoms with van der Waals surface area (Å²) in [7, 11) is 0. The molecule has 3 fully saturated rings. The fourth-order valence-electron chi connectivity index (χ4n) is 3.81. The lowest BCUT2D eigenvalue weighted by molar-refractivity contribution is -0.187. The van der Waals surface area contributed by atoms with Crippen LogP contribution in [0.4, 0.5) is 18.0 Å². The zero-order valence-corrected chi connectivity index (χ0v) is 13.6. The van der Waals surface area contributed by atoms with Crippen molar-refractivity contribution in [1.29, 1.82) is 0 Å². The van der Waals surface area contributed by atoms with E-state index in [0.717, 1.165) is 4.90 Å². The van der Waals surface area contributed by atoms with E-state index in [2.05, 4.69) is 5.32 Å². The fraction of sp³-hybridized carbons (Fsp3) is 0.867. The van der Waals surface area contributed by atoms with E-state index in [9.17, 15) is 22.8 Å². The minimum absolute atomic E-state index is 0.181. The molecule has 7 nitrogen and oxygen atoms in total. The summed E-state index contributed by atoms with van der Waals surface area (Å²) in [5.41, 5.74) is 0. The number of nitrogens with one attached hydrogen (secondary N) is 1. The van der Waals surface area contributed by atoms with Crippen LogP contribution >= 0.6 is 0 Å². The van der Waals surface area contributed by atoms with Crippen LogP contribution in [0.15, 0.2) is 0 Å². The minimum atomic E-state index is -4.65. The van der Waals surface area contributed by atoms with Crippen molar-refractivity contribution in [2.24, 2.45) is 11.8 Å². The molecule has 1 aliphatic carbocycles. The molecule has 1 saturated carbocycles. The standard InChI is InChI=1S/C15H21F3N2O5/c16-15(17,18)11-8-20(7-10(11)12(21)22)13(23)19-9-1-3-14(4-2-9)24-5-6-25-14/h9-11H,1-8H2,(H,19,23)(H,21,22)/t10-,11-/m1/s1. The largest absolute Gasteiger partial charge is 0.481 e. The molecule has 0 aromatic heterocycles. The zero-order valence-electron chi connectivity index (χ0n) is 13.6. The molecule has 142 valence electrons. The molecule has 1 spiro atoms. The molecule has 2 N–H and O–H groups in total. The molecule has 2 heterocycles. The maximum absolute atomic E-state index is 13.0. The average molecular weight is 366 g/mol. The van der Waals surface area contributed by atoms with Gasteiger partial charge in [-0.2, -0.15) is 13.2 Å². The van der Waals surface area contributed by atoms with E-state index in [-0.39, 0.29) is 6.04 Å². The second kappa shape index (κ2) is 6.64. The first-order chi connectivity index (χ1) is 11.7. The molecule has 2 saturated heterocycles. The second-order valence-electron chi connectivity index (χ2n) is 6.83. The predicted molar refractivity (Wildman–Crippen MR) is 77.7 cm³/mol. The summed E-state index contributed by atoms with van der Waals surface area (Å²) in [4.78, 5) is 24.3. The quantitative estimate of drug-likeness (QED) is 0.775. The van der Waals surface area contributed by atoms with Gasteiger partial charge >= 0.3 is 18.2 Å². The number of urea groups is 1. The smallest absolute Gasteiger partial charge is 0.394 e. The molecular formula is C15H21F3N2O5. The van der Waals surface area contributed by atoms with Gasteiger partial charge < -0.3 is 24.8 Å². The number of carboxylic acids is 1. The number of likely N-dealkylation sites (tertiary alicyclic amines) is 1. The van der Waals surface area contributed by atoms with Crippen LogP contribution in [0.3, 0.4) is 0 Å². The lowest BCUT2D eigenvalue weighted by Gasteiger charge is -2.36. The van der Waals surface area contributed by atoms with Crippen LogP contribution < -0.4 is 5.32 Å². The van der Waals surface area contributed by atoms with Crippen molar-refractivity contribution in [3.8, 4) is 0 Å². The number of halogens is 3. The molecule has 10 heteroatoms. The van der Waals surface area contributed by atoms with Crippen LogP contribution in [-0.2, 0) is 14.3 Å². The van der Waals surface area contributed by atoms with E-state index < -0.39 is 48.9 Å². The summed E-state index contributed by atoms with van der Waals surface area (Å²) < 4.78 is 50.1. The molecule has 2 amide bonds. The summed E-state index contributed by atoms with van der Waals surface area (Å²) in [5, 5.41) is 11.7. The van der Waals surface area contributed by atoms with Crippen molar-refractivity contribution >= 4 is 12.0 Å². The van der Waals surface area contributed by atoms with Crippen LogP contribution in [0.2, 0.25) is 0 Å². The highest BCUT2D eigenvalue weighted by atomic mass is 19.4. The van der Waals surface area contributed by atoms with Crippen molar-refractivity contribution in [3.05, 3.63) is 0 Å². The van der Waals surface area contributed by atoms with E-state index in [1.165, 1.54) is 0 Å². The topological polar surface area (TPSA) is 88.1 Å². The van der Waals surface area contributed by atoms with E-state index in [1.54, 1.807) is 0 Å². The minimum Gasteiger partial charge on any atom is -0.481 e. The number of amides is 2. The molecule has 0 aromatic rings. The Morgan fingerprint density at radius 1 is 1.12 bits per heavy atom. The van der Waals surface area contributed by atoms with E-state index >= 15 is 0 Å². The van der Waals surface area contributed by atoms with Gasteiger partial charge in [0.15, 0.2) is 5.79 Å². The number of carbonyl (C=O) groups excluding carboxylic acids is 1. The SMILES string of the molecule is O=C(O)[C@@H]1CN(C(=O)NC2CCC3(CC2)OCCO3)C[C@H]1C(F)(F)F. The van der Waals surface area contributed by atoms with E-state index in [4.69, 9.17) is 14.6 Å². The average Bonchev–Trinajstić information content (AvgIpc) is 3.17. The fourth-order valence-corrected chi connectivity index (χ4v) is 3.81. The lowest BCUT2D eigenvalue weighted by atomic mass is 9.90. The van der Waals surface area contributed by atoms with Crippen molar-refractivity contribution in [2.75, 3.05) is 26.3 Å². The van der Waals surface area contributed by atoms with Gasteiger partial charge in [-0.25, -0.2) is 4.79 Å². The Bertz CT molecular complexity index is 526. The highest BCUT2D eigenvalue weighted by Gasteiger charge is 2.53. The first-order valence-corrected chi connectivity index (χ1v) is 8.33. The first-order valence-electron chi connectivity index (χ1n) is 8.33. The Labute approximate surface area is 142 Å². The number of ether oxygens (including phenoxy) is 2. The highest BCUT2D eigenvalue weighted by Crippen LogP contribution is 2.38. The van der Waals surface area contributed by atoms with Crippen LogP contribution in [0.25, 0.3) is 0 Å². The summed E-state index contributed by atoms with van der Waals surface area (Å²) in [6.07, 6.45) is -2.22. The number of rotatable bonds is 2. The third kappa shape index (κ3) is 3.84. The van der Waals surface area contributed by atoms with Crippen molar-refractivity contribution in [1.82, 2.24) is 10.2 Å². The van der Waals surface area contributed by atoms with E-state index in [0.29, 0.717) is 38.9 Å². The number of carbonyl (C=O) groups is 2. The van der Waals surface area contributed by atoms with Crippen molar-refractivity contribution in [3.63, 3.8) is 0 Å². The van der Waals surface area contributed by atoms with Gasteiger partial charge in [0.25, 0.3) is 0 Å². The Morgan fingerprint density at radius 3 is 2.20 bits per heavy atom. The van der Waals surface area contributed by atoms with Gasteiger partial charge in [0.05, 0.1) is 25.0 Å². The molecule has 3 aliphatic rings. The van der Waals surface area contributed by atoms with Gasteiger partial charge in [0.1, 0.15) is 0 Å². The molecule has 2 atom stereocenters. The lowest BCUT2D eigenvalue weighted by Crippen LogP contribution is -2.48. The molecule has 0 radical (unpaired) electrons. The number of alkyl halides is 3. The molecule has 2 aliphatic heterocycles. The number of carboxylic acid groups (broad SMARTS) is 1. The molecule has 0 bridgehead atoms. The monoisotopic (exact) mass is 366 g/mol. The van der Waals surface area contributed by atoms with Gasteiger partial charge in [-0.3, -0.25) is 4.79 Å². The molecular weight excluding hydrogens is 345 g/mol. The number of hydrogen-bond donors (Lipinski definition) is 2. The highest BCUT2D eigenvalue weighted by molar-refractivity contribution is 5.78. The Kier molecular flexibility index (Phi) is 4.84. The molecule has 3 rings (SSSR count). The Balaban J connectivity index is 1.54. The van der Waals surface area contributed by atoms with Gasteiger partial charge in [-0.15, -0.1) is 0 Å². The molecule has 25 heavy (non-hydrogen) atoms. The zero-order chi connectivity index (χ0) is 18.2. The Hall–Kier alpha value is -1.55. The predicted octanol–water partition coefficient (Wildman–Crippen LogP) is 1.58. The molecule has 0 aromatic carbocycles. The third-order valence-corrected chi connectivity index (χ3v) is 5.23. The van der Waals surface area contributed by atoms with Crippen LogP contribution in [-0.4, -0.2) is 66.3 Å². The van der Waals surface area contributed by atoms with Crippen molar-refractivity contribution in [2.45, 2.75) is 43.7 Å². The number of nitrogens with zero attached hydrogens (tertiary/aromatic N) is 1. The summed E-state index contributed by atoms with van der Waals surface area (Å²) in [5.74, 6) is -5.77. The third-order valence-electron chi connectivity index (χ3n) is 5.23. The normalized spacial score (nSPS) is 30.0. The summed E-state index contributed by atoms with van der Waals surface area (Å²) >= 11 is 0. The summed E-state index contributed by atoms with van der Waals surface area (Å²) in [6, 6.07) is -0.827. The molecule has 0 unspecified atom stereocenters. The first kappa shape index (κ1) is 18.2. The van der Waals surface area contributed by atoms with Crippen LogP contribution in [0, 0.1) is 11.8 Å². The van der Waals surface area contributed by atoms with Gasteiger partial charge in [0, 0.05) is 32.0 Å². The maximum atomic E-state index is 13.0. The van der Waals surface area contributed by atoms with Gasteiger partial charge in [-0.1, -0.05) is 0 Å². The number of aliphatic carboxylic acids is 1. The van der Waals surface area contributed by atoms with Crippen molar-refractivity contribution < 1.29 is 37.3 Å². The van der Waals surface area contributed by atoms with Crippen LogP contribution in [0.1, 0.15) is 25.7 Å². The van der Waals surface area contributed by atoms with Gasteiger partial charge in [-0.05, 0) is 12.8 Å². The van der Waals surface area contributed by atoms with Crippen LogP contribution in [0.5, 0.6) is 0 Å². The van der Waals surface area contributed by atoms with Gasteiger partial charge in [0.2, 0.25) is 0 Å².